The van der Waals surface area contributed by atoms with Gasteiger partial charge in [0.1, 0.15) is 0 Å². The van der Waals surface area contributed by atoms with Gasteiger partial charge in [-0.25, -0.2) is 0 Å². The van der Waals surface area contributed by atoms with Crippen molar-refractivity contribution in [3.63, 3.8) is 0 Å². The van der Waals surface area contributed by atoms with Gasteiger partial charge in [0.05, 0.1) is 6.61 Å². The van der Waals surface area contributed by atoms with Crippen molar-refractivity contribution in [1.29, 1.82) is 0 Å². The molecule has 0 saturated carbocycles. The van der Waals surface area contributed by atoms with E-state index in [9.17, 15) is 8.78 Å². The molecule has 0 amide bonds. The van der Waals surface area contributed by atoms with Crippen LogP contribution in [0.1, 0.15) is 43.9 Å². The highest BCUT2D eigenvalue weighted by Gasteiger charge is 2.23. The van der Waals surface area contributed by atoms with Crippen LogP contribution in [0.2, 0.25) is 0 Å². The predicted octanol–water partition coefficient (Wildman–Crippen LogP) is 5.89. The first-order valence-electron chi connectivity index (χ1n) is 13.7. The molecule has 2 aromatic carbocycles. The Labute approximate surface area is 235 Å². The van der Waals surface area contributed by atoms with E-state index in [1.807, 2.05) is 41.3 Å². The minimum Gasteiger partial charge on any atom is -0.461 e. The monoisotopic (exact) mass is 564 g/mol. The second-order valence-electron chi connectivity index (χ2n) is 9.82. The van der Waals surface area contributed by atoms with E-state index in [0.717, 1.165) is 48.2 Å². The maximum atomic E-state index is 13.2. The highest BCUT2D eigenvalue weighted by Crippen LogP contribution is 2.38. The van der Waals surface area contributed by atoms with Gasteiger partial charge in [0.15, 0.2) is 24.0 Å². The molecule has 2 aromatic heterocycles. The third kappa shape index (κ3) is 6.60. The van der Waals surface area contributed by atoms with E-state index in [0.29, 0.717) is 32.0 Å². The van der Waals surface area contributed by atoms with E-state index < -0.39 is 12.9 Å². The van der Waals surface area contributed by atoms with E-state index in [-0.39, 0.29) is 17.7 Å². The first-order valence-corrected chi connectivity index (χ1v) is 13.7. The number of tetrazole rings is 1. The summed E-state index contributed by atoms with van der Waals surface area (Å²) in [5, 5.41) is 13.0. The van der Waals surface area contributed by atoms with Crippen LogP contribution in [-0.2, 0) is 16.0 Å². The Kier molecular flexibility index (Phi) is 8.28. The number of hydrogen-bond acceptors (Lipinski definition) is 9. The normalized spacial score (nSPS) is 18.9. The Morgan fingerprint density at radius 3 is 2.54 bits per heavy atom. The van der Waals surface area contributed by atoms with Crippen LogP contribution in [0, 0.1) is 0 Å². The molecule has 41 heavy (non-hydrogen) atoms. The SMILES string of the molecule is FC(F)Oc1ccc(N(Cc2cccnc2)c2ccc(-c3nnn(C4CCCCO4)n3)cc2)cc1OC1CCCO1. The van der Waals surface area contributed by atoms with Crippen molar-refractivity contribution in [3.05, 3.63) is 72.6 Å². The molecule has 2 fully saturated rings. The molecular weight excluding hydrogens is 534 g/mol. The lowest BCUT2D eigenvalue weighted by Gasteiger charge is -2.27. The molecule has 10 nitrogen and oxygen atoms in total. The number of ether oxygens (including phenoxy) is 4. The summed E-state index contributed by atoms with van der Waals surface area (Å²) in [6, 6.07) is 16.5. The molecule has 2 atom stereocenters. The standard InChI is InChI=1S/C29H30F2N6O4/c30-29(31)41-24-13-12-23(17-25(24)40-27-7-4-16-39-27)36(19-20-5-3-14-32-18-20)22-10-8-21(9-11-22)28-33-35-37(34-28)26-6-1-2-15-38-26/h3,5,8-14,17-18,26-27,29H,1-2,4,6-7,15-16,19H2. The zero-order chi connectivity index (χ0) is 28.0. The van der Waals surface area contributed by atoms with Gasteiger partial charge in [-0.15, -0.1) is 15.0 Å². The largest absolute Gasteiger partial charge is 0.461 e. The molecular formula is C29H30F2N6O4. The number of hydrogen-bond donors (Lipinski definition) is 0. The average Bonchev–Trinajstić information content (AvgIpc) is 3.71. The summed E-state index contributed by atoms with van der Waals surface area (Å²) in [5.74, 6) is 0.644. The molecule has 2 saturated heterocycles. The number of aromatic nitrogens is 5. The number of halogens is 2. The first-order chi connectivity index (χ1) is 20.1. The van der Waals surface area contributed by atoms with Gasteiger partial charge in [-0.1, -0.05) is 6.07 Å². The van der Waals surface area contributed by atoms with Gasteiger partial charge < -0.3 is 23.8 Å². The van der Waals surface area contributed by atoms with Crippen molar-refractivity contribution >= 4 is 11.4 Å². The molecule has 2 aliphatic rings. The fourth-order valence-electron chi connectivity index (χ4n) is 4.90. The Balaban J connectivity index is 1.30. The maximum Gasteiger partial charge on any atom is 0.387 e. The smallest absolute Gasteiger partial charge is 0.387 e. The summed E-state index contributed by atoms with van der Waals surface area (Å²) in [6.45, 7) is -1.26. The van der Waals surface area contributed by atoms with Gasteiger partial charge in [0.2, 0.25) is 5.82 Å². The van der Waals surface area contributed by atoms with Crippen LogP contribution in [-0.4, -0.2) is 51.3 Å². The van der Waals surface area contributed by atoms with Crippen molar-refractivity contribution in [3.8, 4) is 22.9 Å². The highest BCUT2D eigenvalue weighted by molar-refractivity contribution is 5.69. The summed E-state index contributed by atoms with van der Waals surface area (Å²) in [4.78, 5) is 7.82. The lowest BCUT2D eigenvalue weighted by molar-refractivity contribution is -0.0632. The minimum atomic E-state index is -2.98. The quantitative estimate of drug-likeness (QED) is 0.234. The molecule has 12 heteroatoms. The van der Waals surface area contributed by atoms with Crippen LogP contribution >= 0.6 is 0 Å². The number of nitrogens with zero attached hydrogens (tertiary/aromatic N) is 6. The first kappa shape index (κ1) is 27.0. The number of benzene rings is 2. The molecule has 0 spiro atoms. The lowest BCUT2D eigenvalue weighted by Crippen LogP contribution is -2.20. The third-order valence-electron chi connectivity index (χ3n) is 6.94. The van der Waals surface area contributed by atoms with Gasteiger partial charge in [-0.2, -0.15) is 8.78 Å². The summed E-state index contributed by atoms with van der Waals surface area (Å²) in [6.07, 6.45) is 7.27. The van der Waals surface area contributed by atoms with Crippen LogP contribution < -0.4 is 14.4 Å². The Hall–Kier alpha value is -4.16. The van der Waals surface area contributed by atoms with Crippen LogP contribution in [0.25, 0.3) is 11.4 Å². The maximum absolute atomic E-state index is 13.2. The van der Waals surface area contributed by atoms with Crippen LogP contribution in [0.4, 0.5) is 20.2 Å². The Morgan fingerprint density at radius 1 is 0.951 bits per heavy atom. The molecule has 6 rings (SSSR count). The van der Waals surface area contributed by atoms with Crippen LogP contribution in [0.5, 0.6) is 11.5 Å². The zero-order valence-electron chi connectivity index (χ0n) is 22.3. The van der Waals surface area contributed by atoms with Crippen molar-refractivity contribution in [2.75, 3.05) is 18.1 Å². The fraction of sp³-hybridized carbons (Fsp3) is 0.379. The van der Waals surface area contributed by atoms with Crippen molar-refractivity contribution in [2.45, 2.75) is 57.8 Å². The van der Waals surface area contributed by atoms with Gasteiger partial charge in [0.25, 0.3) is 0 Å². The summed E-state index contributed by atoms with van der Waals surface area (Å²) in [5.41, 5.74) is 3.34. The van der Waals surface area contributed by atoms with Crippen LogP contribution in [0.15, 0.2) is 67.0 Å². The molecule has 2 aliphatic heterocycles. The molecule has 0 bridgehead atoms. The molecule has 0 N–H and O–H groups in total. The van der Waals surface area contributed by atoms with Crippen molar-refractivity contribution < 1.29 is 27.7 Å². The Bertz CT molecular complexity index is 1410. The van der Waals surface area contributed by atoms with Crippen molar-refractivity contribution in [2.24, 2.45) is 0 Å². The van der Waals surface area contributed by atoms with E-state index in [2.05, 4.69) is 20.4 Å². The minimum absolute atomic E-state index is 0.0490. The van der Waals surface area contributed by atoms with Crippen molar-refractivity contribution in [1.82, 2.24) is 25.2 Å². The van der Waals surface area contributed by atoms with Gasteiger partial charge in [0, 0.05) is 55.0 Å². The number of anilines is 2. The average molecular weight is 565 g/mol. The summed E-state index contributed by atoms with van der Waals surface area (Å²) < 4.78 is 48.4. The van der Waals surface area contributed by atoms with E-state index in [1.54, 1.807) is 24.5 Å². The van der Waals surface area contributed by atoms with Gasteiger partial charge in [-0.05, 0) is 78.9 Å². The van der Waals surface area contributed by atoms with Gasteiger partial charge >= 0.3 is 6.61 Å². The molecule has 4 aromatic rings. The Morgan fingerprint density at radius 2 is 1.80 bits per heavy atom. The molecule has 0 aliphatic carbocycles. The number of pyridine rings is 1. The predicted molar refractivity (Wildman–Crippen MR) is 145 cm³/mol. The van der Waals surface area contributed by atoms with Gasteiger partial charge in [-0.3, -0.25) is 4.98 Å². The summed E-state index contributed by atoms with van der Waals surface area (Å²) in [7, 11) is 0. The molecule has 4 heterocycles. The topological polar surface area (TPSA) is 96.7 Å². The van der Waals surface area contributed by atoms with E-state index in [1.165, 1.54) is 10.9 Å². The second-order valence-corrected chi connectivity index (χ2v) is 9.82. The zero-order valence-corrected chi connectivity index (χ0v) is 22.3. The third-order valence-corrected chi connectivity index (χ3v) is 6.94. The van der Waals surface area contributed by atoms with Crippen LogP contribution in [0.3, 0.4) is 0 Å². The lowest BCUT2D eigenvalue weighted by atomic mass is 10.1. The summed E-state index contributed by atoms with van der Waals surface area (Å²) >= 11 is 0. The van der Waals surface area contributed by atoms with E-state index >= 15 is 0 Å². The fourth-order valence-corrected chi connectivity index (χ4v) is 4.90. The molecule has 214 valence electrons. The number of alkyl halides is 2. The van der Waals surface area contributed by atoms with E-state index in [4.69, 9.17) is 18.9 Å². The molecule has 0 radical (unpaired) electrons. The molecule has 2 unspecified atom stereocenters. The number of rotatable bonds is 10. The highest BCUT2D eigenvalue weighted by atomic mass is 19.3. The second kappa shape index (κ2) is 12.6.